The van der Waals surface area contributed by atoms with E-state index in [0.717, 1.165) is 12.3 Å². The summed E-state index contributed by atoms with van der Waals surface area (Å²) in [5, 5.41) is 10.9. The molecule has 1 aliphatic heterocycles. The minimum Gasteiger partial charge on any atom is -0.396 e. The number of hydrogen-bond donors (Lipinski definition) is 2. The van der Waals surface area contributed by atoms with Crippen molar-refractivity contribution in [2.24, 2.45) is 0 Å². The molecule has 1 aliphatic rings. The molecule has 4 heteroatoms. The van der Waals surface area contributed by atoms with Gasteiger partial charge < -0.3 is 10.4 Å². The van der Waals surface area contributed by atoms with Gasteiger partial charge in [-0.05, 0) is 6.42 Å². The van der Waals surface area contributed by atoms with Crippen molar-refractivity contribution in [3.05, 3.63) is 35.7 Å². The first-order valence-electron chi connectivity index (χ1n) is 3.55. The Kier molecular flexibility index (Phi) is 2.99. The Bertz CT molecular complexity index is 256. The van der Waals surface area contributed by atoms with Gasteiger partial charge in [0.05, 0.1) is 5.70 Å². The van der Waals surface area contributed by atoms with E-state index in [1.165, 1.54) is 6.08 Å². The number of aliphatic hydroxyl groups is 1. The van der Waals surface area contributed by atoms with Gasteiger partial charge in [-0.25, -0.2) is 8.78 Å². The summed E-state index contributed by atoms with van der Waals surface area (Å²) in [5.41, 5.74) is 0.199. The van der Waals surface area contributed by atoms with Gasteiger partial charge in [0, 0.05) is 18.9 Å². The number of rotatable bonds is 2. The highest BCUT2D eigenvalue weighted by atomic mass is 19.1. The lowest BCUT2D eigenvalue weighted by molar-refractivity contribution is 0.302. The van der Waals surface area contributed by atoms with E-state index >= 15 is 0 Å². The standard InChI is InChI=1S/C8H9F2NO/c9-6-4-7(10)8(11-5-6)2-1-3-12/h2,4-5,11-12H,1,3H2/b8-2-. The van der Waals surface area contributed by atoms with Crippen molar-refractivity contribution >= 4 is 0 Å². The summed E-state index contributed by atoms with van der Waals surface area (Å²) in [6, 6.07) is 0. The van der Waals surface area contributed by atoms with Crippen LogP contribution in [0.2, 0.25) is 0 Å². The van der Waals surface area contributed by atoms with Crippen LogP contribution in [0.1, 0.15) is 6.42 Å². The maximum Gasteiger partial charge on any atom is 0.149 e. The average molecular weight is 173 g/mol. The maximum atomic E-state index is 12.8. The molecule has 1 heterocycles. The van der Waals surface area contributed by atoms with E-state index in [4.69, 9.17) is 5.11 Å². The highest BCUT2D eigenvalue weighted by Gasteiger charge is 2.08. The first-order valence-corrected chi connectivity index (χ1v) is 3.55. The van der Waals surface area contributed by atoms with Crippen LogP contribution in [-0.2, 0) is 0 Å². The summed E-state index contributed by atoms with van der Waals surface area (Å²) in [5.74, 6) is -1.29. The lowest BCUT2D eigenvalue weighted by atomic mass is 10.2. The average Bonchev–Trinajstić information content (AvgIpc) is 2.03. The van der Waals surface area contributed by atoms with Crippen LogP contribution in [0, 0.1) is 0 Å². The fourth-order valence-electron chi connectivity index (χ4n) is 0.821. The number of halogens is 2. The fraction of sp³-hybridized carbons (Fsp3) is 0.250. The van der Waals surface area contributed by atoms with Crippen LogP contribution in [0.4, 0.5) is 8.78 Å². The predicted octanol–water partition coefficient (Wildman–Crippen LogP) is 1.52. The van der Waals surface area contributed by atoms with Crippen LogP contribution in [0.5, 0.6) is 0 Å². The van der Waals surface area contributed by atoms with Gasteiger partial charge in [-0.2, -0.15) is 0 Å². The van der Waals surface area contributed by atoms with Crippen LogP contribution in [0.3, 0.4) is 0 Å². The van der Waals surface area contributed by atoms with Crippen molar-refractivity contribution in [3.63, 3.8) is 0 Å². The summed E-state index contributed by atoms with van der Waals surface area (Å²) < 4.78 is 25.1. The Labute approximate surface area is 68.9 Å². The minimum absolute atomic E-state index is 0.0509. The molecular weight excluding hydrogens is 164 g/mol. The molecule has 0 aromatic heterocycles. The molecule has 2 nitrogen and oxygen atoms in total. The Hall–Kier alpha value is -1.16. The Balaban J connectivity index is 2.67. The fourth-order valence-corrected chi connectivity index (χ4v) is 0.821. The first-order chi connectivity index (χ1) is 5.74. The molecule has 1 rings (SSSR count). The summed E-state index contributed by atoms with van der Waals surface area (Å²) in [4.78, 5) is 0. The van der Waals surface area contributed by atoms with Crippen molar-refractivity contribution in [2.45, 2.75) is 6.42 Å². The summed E-state index contributed by atoms with van der Waals surface area (Å²) in [7, 11) is 0. The molecule has 2 N–H and O–H groups in total. The molecule has 0 saturated carbocycles. The van der Waals surface area contributed by atoms with E-state index in [2.05, 4.69) is 5.32 Å². The molecule has 0 saturated heterocycles. The molecule has 0 aromatic carbocycles. The molecule has 66 valence electrons. The third kappa shape index (κ3) is 2.17. The van der Waals surface area contributed by atoms with E-state index in [9.17, 15) is 8.78 Å². The lowest BCUT2D eigenvalue weighted by Crippen LogP contribution is -2.10. The van der Waals surface area contributed by atoms with Crippen molar-refractivity contribution < 1.29 is 13.9 Å². The monoisotopic (exact) mass is 173 g/mol. The molecule has 0 fully saturated rings. The largest absolute Gasteiger partial charge is 0.396 e. The molecule has 0 unspecified atom stereocenters. The van der Waals surface area contributed by atoms with Gasteiger partial charge in [0.25, 0.3) is 0 Å². The molecule has 0 atom stereocenters. The van der Waals surface area contributed by atoms with Crippen molar-refractivity contribution in [2.75, 3.05) is 6.61 Å². The van der Waals surface area contributed by atoms with Crippen LogP contribution in [-0.4, -0.2) is 11.7 Å². The SMILES string of the molecule is OCC/C=C1\NC=C(F)C=C1F. The zero-order valence-corrected chi connectivity index (χ0v) is 6.35. The molecule has 0 amide bonds. The maximum absolute atomic E-state index is 12.8. The van der Waals surface area contributed by atoms with Crippen LogP contribution in [0.15, 0.2) is 35.7 Å². The number of dihydropyridines is 1. The quantitative estimate of drug-likeness (QED) is 0.663. The van der Waals surface area contributed by atoms with Crippen LogP contribution in [0.25, 0.3) is 0 Å². The van der Waals surface area contributed by atoms with Crippen molar-refractivity contribution in [1.82, 2.24) is 5.32 Å². The zero-order valence-electron chi connectivity index (χ0n) is 6.35. The highest BCUT2D eigenvalue weighted by Crippen LogP contribution is 2.17. The van der Waals surface area contributed by atoms with Crippen molar-refractivity contribution in [3.8, 4) is 0 Å². The van der Waals surface area contributed by atoms with Gasteiger partial charge in [-0.1, -0.05) is 6.08 Å². The molecular formula is C8H9F2NO. The van der Waals surface area contributed by atoms with Crippen LogP contribution < -0.4 is 5.32 Å². The van der Waals surface area contributed by atoms with E-state index in [1.54, 1.807) is 0 Å². The Morgan fingerprint density at radius 2 is 2.25 bits per heavy atom. The number of nitrogens with one attached hydrogen (secondary N) is 1. The third-order valence-electron chi connectivity index (χ3n) is 1.37. The molecule has 0 aliphatic carbocycles. The summed E-state index contributed by atoms with van der Waals surface area (Å²) >= 11 is 0. The molecule has 0 radical (unpaired) electrons. The van der Waals surface area contributed by atoms with Gasteiger partial charge in [-0.15, -0.1) is 0 Å². The smallest absolute Gasteiger partial charge is 0.149 e. The Morgan fingerprint density at radius 3 is 2.83 bits per heavy atom. The van der Waals surface area contributed by atoms with E-state index in [1.807, 2.05) is 0 Å². The van der Waals surface area contributed by atoms with Crippen molar-refractivity contribution in [1.29, 1.82) is 0 Å². The summed E-state index contributed by atoms with van der Waals surface area (Å²) in [6.45, 7) is -0.0509. The van der Waals surface area contributed by atoms with Gasteiger partial charge >= 0.3 is 0 Å². The topological polar surface area (TPSA) is 32.3 Å². The van der Waals surface area contributed by atoms with E-state index in [-0.39, 0.29) is 12.3 Å². The molecule has 0 bridgehead atoms. The summed E-state index contributed by atoms with van der Waals surface area (Å²) in [6.07, 6.45) is 3.67. The number of aliphatic hydroxyl groups excluding tert-OH is 1. The van der Waals surface area contributed by atoms with E-state index in [0.29, 0.717) is 6.42 Å². The second kappa shape index (κ2) is 4.01. The zero-order chi connectivity index (χ0) is 8.97. The molecule has 0 spiro atoms. The van der Waals surface area contributed by atoms with E-state index < -0.39 is 11.7 Å². The minimum atomic E-state index is -0.650. The number of allylic oxidation sites excluding steroid dienone is 3. The second-order valence-corrected chi connectivity index (χ2v) is 2.30. The second-order valence-electron chi connectivity index (χ2n) is 2.30. The molecule has 0 aromatic rings. The molecule has 12 heavy (non-hydrogen) atoms. The van der Waals surface area contributed by atoms with Crippen LogP contribution >= 0.6 is 0 Å². The van der Waals surface area contributed by atoms with Gasteiger partial charge in [-0.3, -0.25) is 0 Å². The van der Waals surface area contributed by atoms with Gasteiger partial charge in [0.1, 0.15) is 11.7 Å². The first kappa shape index (κ1) is 8.93. The van der Waals surface area contributed by atoms with Gasteiger partial charge in [0.2, 0.25) is 0 Å². The number of hydrogen-bond acceptors (Lipinski definition) is 2. The highest BCUT2D eigenvalue weighted by molar-refractivity contribution is 5.34. The normalized spacial score (nSPS) is 20.1. The third-order valence-corrected chi connectivity index (χ3v) is 1.37. The predicted molar refractivity (Wildman–Crippen MR) is 41.3 cm³/mol. The Morgan fingerprint density at radius 1 is 1.50 bits per heavy atom. The van der Waals surface area contributed by atoms with Gasteiger partial charge in [0.15, 0.2) is 0 Å². The lowest BCUT2D eigenvalue weighted by Gasteiger charge is -2.08.